The Balaban J connectivity index is 1.68. The molecule has 1 amide bonds. The van der Waals surface area contributed by atoms with Gasteiger partial charge in [0.15, 0.2) is 0 Å². The lowest BCUT2D eigenvalue weighted by molar-refractivity contribution is -0.129. The molecule has 4 nitrogen and oxygen atoms in total. The van der Waals surface area contributed by atoms with Crippen molar-refractivity contribution in [1.82, 2.24) is 9.88 Å². The third-order valence-electron chi connectivity index (χ3n) is 3.98. The molecule has 0 spiro atoms. The summed E-state index contributed by atoms with van der Waals surface area (Å²) in [5, 5.41) is 1.09. The normalized spacial score (nSPS) is 10.6. The maximum atomic E-state index is 12.4. The number of para-hydroxylation sites is 1. The molecular weight excluding hydrogens is 300 g/mol. The summed E-state index contributed by atoms with van der Waals surface area (Å²) in [6.07, 6.45) is 2.19. The maximum absolute atomic E-state index is 12.4. The molecule has 0 aliphatic carbocycles. The minimum atomic E-state index is 0.0661. The van der Waals surface area contributed by atoms with Crippen molar-refractivity contribution in [1.29, 1.82) is 0 Å². The monoisotopic (exact) mass is 320 g/mol. The second kappa shape index (κ2) is 7.13. The molecule has 0 bridgehead atoms. The summed E-state index contributed by atoms with van der Waals surface area (Å²) in [6.45, 7) is 0.542. The van der Waals surface area contributed by atoms with Gasteiger partial charge < -0.3 is 9.64 Å². The van der Waals surface area contributed by atoms with Crippen LogP contribution in [0.3, 0.4) is 0 Å². The average molecular weight is 320 g/mol. The zero-order valence-electron chi connectivity index (χ0n) is 13.9. The number of likely N-dealkylation sites (N-methyl/N-ethyl adjacent to an activating group) is 1. The van der Waals surface area contributed by atoms with Gasteiger partial charge in [0.25, 0.3) is 0 Å². The summed E-state index contributed by atoms with van der Waals surface area (Å²) in [4.78, 5) is 18.6. The molecule has 0 atom stereocenters. The van der Waals surface area contributed by atoms with E-state index in [-0.39, 0.29) is 5.91 Å². The summed E-state index contributed by atoms with van der Waals surface area (Å²) in [5.41, 5.74) is 2.93. The van der Waals surface area contributed by atoms with Crippen LogP contribution in [0.15, 0.2) is 60.8 Å². The number of methoxy groups -OCH3 is 1. The predicted octanol–water partition coefficient (Wildman–Crippen LogP) is 3.44. The van der Waals surface area contributed by atoms with Gasteiger partial charge in [-0.1, -0.05) is 30.3 Å². The van der Waals surface area contributed by atoms with E-state index in [9.17, 15) is 4.79 Å². The molecule has 3 aromatic rings. The standard InChI is InChI=1S/C20H20N2O2/c1-22(20(23)12-15-6-5-8-18(11-15)24-2)14-16-10-17-7-3-4-9-19(17)21-13-16/h3-11,13H,12,14H2,1-2H3. The number of amides is 1. The molecule has 0 fully saturated rings. The SMILES string of the molecule is COc1cccc(CC(=O)N(C)Cc2cnc3ccccc3c2)c1. The van der Waals surface area contributed by atoms with Crippen molar-refractivity contribution in [2.24, 2.45) is 0 Å². The highest BCUT2D eigenvalue weighted by molar-refractivity contribution is 5.80. The van der Waals surface area contributed by atoms with Crippen LogP contribution < -0.4 is 4.74 Å². The number of rotatable bonds is 5. The molecule has 122 valence electrons. The zero-order chi connectivity index (χ0) is 16.9. The van der Waals surface area contributed by atoms with Gasteiger partial charge in [0.2, 0.25) is 5.91 Å². The van der Waals surface area contributed by atoms with Gasteiger partial charge in [0.05, 0.1) is 19.0 Å². The van der Waals surface area contributed by atoms with E-state index in [1.54, 1.807) is 12.0 Å². The number of nitrogens with zero attached hydrogens (tertiary/aromatic N) is 2. The molecule has 0 saturated heterocycles. The fraction of sp³-hybridized carbons (Fsp3) is 0.200. The Bertz CT molecular complexity index is 861. The third-order valence-corrected chi connectivity index (χ3v) is 3.98. The Morgan fingerprint density at radius 1 is 1.08 bits per heavy atom. The molecule has 0 N–H and O–H groups in total. The van der Waals surface area contributed by atoms with Crippen LogP contribution >= 0.6 is 0 Å². The van der Waals surface area contributed by atoms with Crippen molar-refractivity contribution >= 4 is 16.8 Å². The number of hydrogen-bond donors (Lipinski definition) is 0. The minimum Gasteiger partial charge on any atom is -0.497 e. The number of pyridine rings is 1. The van der Waals surface area contributed by atoms with E-state index in [4.69, 9.17) is 4.74 Å². The molecule has 0 saturated carbocycles. The van der Waals surface area contributed by atoms with E-state index in [2.05, 4.69) is 11.1 Å². The van der Waals surface area contributed by atoms with Crippen molar-refractivity contribution in [2.75, 3.05) is 14.2 Å². The average Bonchev–Trinajstić information content (AvgIpc) is 2.61. The molecule has 3 rings (SSSR count). The Kier molecular flexibility index (Phi) is 4.75. The molecule has 0 aliphatic rings. The van der Waals surface area contributed by atoms with Gasteiger partial charge in [0.1, 0.15) is 5.75 Å². The lowest BCUT2D eigenvalue weighted by atomic mass is 10.1. The number of carbonyl (C=O) groups excluding carboxylic acids is 1. The number of aromatic nitrogens is 1. The topological polar surface area (TPSA) is 42.4 Å². The van der Waals surface area contributed by atoms with Gasteiger partial charge in [-0.05, 0) is 35.4 Å². The number of hydrogen-bond acceptors (Lipinski definition) is 3. The van der Waals surface area contributed by atoms with E-state index in [0.29, 0.717) is 13.0 Å². The summed E-state index contributed by atoms with van der Waals surface area (Å²) >= 11 is 0. The molecule has 2 aromatic carbocycles. The molecule has 0 aliphatic heterocycles. The first-order valence-corrected chi connectivity index (χ1v) is 7.86. The van der Waals surface area contributed by atoms with Crippen molar-refractivity contribution in [3.05, 3.63) is 71.9 Å². The first-order chi connectivity index (χ1) is 11.7. The summed E-state index contributed by atoms with van der Waals surface area (Å²) in [7, 11) is 3.44. The van der Waals surface area contributed by atoms with Gasteiger partial charge in [-0.2, -0.15) is 0 Å². The van der Waals surface area contributed by atoms with Gasteiger partial charge in [-0.3, -0.25) is 9.78 Å². The highest BCUT2D eigenvalue weighted by Gasteiger charge is 2.11. The first kappa shape index (κ1) is 16.0. The summed E-state index contributed by atoms with van der Waals surface area (Å²) in [6, 6.07) is 17.7. The molecule has 1 aromatic heterocycles. The van der Waals surface area contributed by atoms with Crippen LogP contribution in [0.1, 0.15) is 11.1 Å². The number of fused-ring (bicyclic) bond motifs is 1. The van der Waals surface area contributed by atoms with E-state index >= 15 is 0 Å². The molecule has 1 heterocycles. The zero-order valence-corrected chi connectivity index (χ0v) is 13.9. The first-order valence-electron chi connectivity index (χ1n) is 7.86. The Labute approximate surface area is 141 Å². The van der Waals surface area contributed by atoms with Crippen LogP contribution in [0.5, 0.6) is 5.75 Å². The maximum Gasteiger partial charge on any atom is 0.227 e. The van der Waals surface area contributed by atoms with Gasteiger partial charge in [-0.25, -0.2) is 0 Å². The van der Waals surface area contributed by atoms with E-state index in [0.717, 1.165) is 27.8 Å². The van der Waals surface area contributed by atoms with Crippen molar-refractivity contribution in [3.63, 3.8) is 0 Å². The van der Waals surface area contributed by atoms with Crippen LogP contribution in [-0.4, -0.2) is 29.9 Å². The van der Waals surface area contributed by atoms with Crippen molar-refractivity contribution in [2.45, 2.75) is 13.0 Å². The minimum absolute atomic E-state index is 0.0661. The number of benzene rings is 2. The Morgan fingerprint density at radius 3 is 2.75 bits per heavy atom. The van der Waals surface area contributed by atoms with Crippen LogP contribution in [0.2, 0.25) is 0 Å². The van der Waals surface area contributed by atoms with E-state index < -0.39 is 0 Å². The lowest BCUT2D eigenvalue weighted by Gasteiger charge is -2.17. The highest BCUT2D eigenvalue weighted by atomic mass is 16.5. The quantitative estimate of drug-likeness (QED) is 0.723. The predicted molar refractivity (Wildman–Crippen MR) is 94.9 cm³/mol. The summed E-state index contributed by atoms with van der Waals surface area (Å²) in [5.74, 6) is 0.832. The van der Waals surface area contributed by atoms with Gasteiger partial charge in [-0.15, -0.1) is 0 Å². The molecular formula is C20H20N2O2. The van der Waals surface area contributed by atoms with Gasteiger partial charge >= 0.3 is 0 Å². The second-order valence-electron chi connectivity index (χ2n) is 5.81. The third kappa shape index (κ3) is 3.71. The van der Waals surface area contributed by atoms with Crippen LogP contribution in [0, 0.1) is 0 Å². The molecule has 24 heavy (non-hydrogen) atoms. The fourth-order valence-corrected chi connectivity index (χ4v) is 2.66. The van der Waals surface area contributed by atoms with Crippen molar-refractivity contribution in [3.8, 4) is 5.75 Å². The number of carbonyl (C=O) groups is 1. The Morgan fingerprint density at radius 2 is 1.92 bits per heavy atom. The molecule has 0 radical (unpaired) electrons. The Hall–Kier alpha value is -2.88. The van der Waals surface area contributed by atoms with E-state index in [1.165, 1.54) is 0 Å². The largest absolute Gasteiger partial charge is 0.497 e. The van der Waals surface area contributed by atoms with Crippen molar-refractivity contribution < 1.29 is 9.53 Å². The van der Waals surface area contributed by atoms with Crippen LogP contribution in [0.4, 0.5) is 0 Å². The fourth-order valence-electron chi connectivity index (χ4n) is 2.66. The molecule has 4 heteroatoms. The van der Waals surface area contributed by atoms with Crippen LogP contribution in [-0.2, 0) is 17.8 Å². The van der Waals surface area contributed by atoms with Crippen LogP contribution in [0.25, 0.3) is 10.9 Å². The molecule has 0 unspecified atom stereocenters. The highest BCUT2D eigenvalue weighted by Crippen LogP contribution is 2.16. The van der Waals surface area contributed by atoms with Gasteiger partial charge in [0, 0.05) is 25.2 Å². The summed E-state index contributed by atoms with van der Waals surface area (Å²) < 4.78 is 5.20. The smallest absolute Gasteiger partial charge is 0.227 e. The second-order valence-corrected chi connectivity index (χ2v) is 5.81. The number of ether oxygens (including phenoxy) is 1. The van der Waals surface area contributed by atoms with E-state index in [1.807, 2.05) is 61.8 Å². The lowest BCUT2D eigenvalue weighted by Crippen LogP contribution is -2.27.